The van der Waals surface area contributed by atoms with E-state index >= 15 is 0 Å². The van der Waals surface area contributed by atoms with E-state index in [0.29, 0.717) is 5.69 Å². The molecule has 148 valence electrons. The van der Waals surface area contributed by atoms with E-state index in [1.165, 1.54) is 0 Å². The van der Waals surface area contributed by atoms with E-state index in [0.717, 1.165) is 38.8 Å². The monoisotopic (exact) mass is 389 g/mol. The zero-order valence-corrected chi connectivity index (χ0v) is 16.9. The maximum absolute atomic E-state index is 12.0. The molecule has 0 spiro atoms. The minimum atomic E-state index is -0.542. The first kappa shape index (κ1) is 18.8. The van der Waals surface area contributed by atoms with E-state index in [1.54, 1.807) is 7.11 Å². The molecule has 2 heterocycles. The quantitative estimate of drug-likeness (QED) is 0.468. The fraction of sp³-hybridized carbons (Fsp3) is 0.217. The molecule has 2 aromatic heterocycles. The zero-order chi connectivity index (χ0) is 20.6. The number of nitrogens with zero attached hydrogens (tertiary/aromatic N) is 1. The SMILES string of the molecule is COc1ccc2c(c1)nc(-c1ccc(NC(=O)OC(C)(C)C)cc1)c1[nH]ccc12. The van der Waals surface area contributed by atoms with Crippen molar-refractivity contribution in [2.24, 2.45) is 0 Å². The van der Waals surface area contributed by atoms with Crippen LogP contribution in [-0.4, -0.2) is 28.8 Å². The van der Waals surface area contributed by atoms with E-state index < -0.39 is 11.7 Å². The van der Waals surface area contributed by atoms with Crippen molar-refractivity contribution in [3.8, 4) is 17.0 Å². The van der Waals surface area contributed by atoms with Crippen molar-refractivity contribution >= 4 is 33.6 Å². The Morgan fingerprint density at radius 2 is 1.79 bits per heavy atom. The number of ether oxygens (including phenoxy) is 2. The number of benzene rings is 2. The van der Waals surface area contributed by atoms with Gasteiger partial charge >= 0.3 is 6.09 Å². The van der Waals surface area contributed by atoms with Crippen molar-refractivity contribution < 1.29 is 14.3 Å². The van der Waals surface area contributed by atoms with Crippen molar-refractivity contribution in [2.45, 2.75) is 26.4 Å². The second-order valence-corrected chi connectivity index (χ2v) is 7.81. The molecular weight excluding hydrogens is 366 g/mol. The zero-order valence-electron chi connectivity index (χ0n) is 16.9. The smallest absolute Gasteiger partial charge is 0.412 e. The molecule has 0 saturated heterocycles. The number of aromatic amines is 1. The predicted molar refractivity (Wildman–Crippen MR) is 115 cm³/mol. The number of aromatic nitrogens is 2. The molecule has 0 aliphatic heterocycles. The number of hydrogen-bond acceptors (Lipinski definition) is 4. The summed E-state index contributed by atoms with van der Waals surface area (Å²) in [6, 6.07) is 15.5. The molecule has 4 rings (SSSR count). The fourth-order valence-corrected chi connectivity index (χ4v) is 3.27. The van der Waals surface area contributed by atoms with Gasteiger partial charge in [0, 0.05) is 34.3 Å². The highest BCUT2D eigenvalue weighted by molar-refractivity contribution is 6.09. The number of H-pyrrole nitrogens is 1. The van der Waals surface area contributed by atoms with E-state index in [2.05, 4.69) is 10.3 Å². The normalized spacial score (nSPS) is 11.6. The molecule has 2 aromatic carbocycles. The van der Waals surface area contributed by atoms with Gasteiger partial charge in [-0.2, -0.15) is 0 Å². The maximum atomic E-state index is 12.0. The van der Waals surface area contributed by atoms with E-state index in [9.17, 15) is 4.79 Å². The van der Waals surface area contributed by atoms with Crippen LogP contribution < -0.4 is 10.1 Å². The van der Waals surface area contributed by atoms with Crippen LogP contribution in [0, 0.1) is 0 Å². The van der Waals surface area contributed by atoms with Crippen LogP contribution in [0.25, 0.3) is 33.1 Å². The molecule has 2 N–H and O–H groups in total. The number of methoxy groups -OCH3 is 1. The summed E-state index contributed by atoms with van der Waals surface area (Å²) in [7, 11) is 1.65. The standard InChI is InChI=1S/C23H23N3O3/c1-23(2,3)29-22(27)25-15-7-5-14(6-8-15)20-21-18(11-12-24-21)17-10-9-16(28-4)13-19(17)26-20/h5-13,24H,1-4H3,(H,25,27). The molecule has 1 amide bonds. The van der Waals surface area contributed by atoms with Gasteiger partial charge in [0.25, 0.3) is 0 Å². The summed E-state index contributed by atoms with van der Waals surface area (Å²) < 4.78 is 10.6. The highest BCUT2D eigenvalue weighted by Crippen LogP contribution is 2.33. The van der Waals surface area contributed by atoms with Crippen molar-refractivity contribution in [2.75, 3.05) is 12.4 Å². The highest BCUT2D eigenvalue weighted by Gasteiger charge is 2.16. The molecule has 29 heavy (non-hydrogen) atoms. The third-order valence-corrected chi connectivity index (χ3v) is 4.51. The minimum absolute atomic E-state index is 0.479. The summed E-state index contributed by atoms with van der Waals surface area (Å²) >= 11 is 0. The first-order valence-electron chi connectivity index (χ1n) is 9.39. The molecule has 4 aromatic rings. The third kappa shape index (κ3) is 3.87. The topological polar surface area (TPSA) is 76.2 Å². The summed E-state index contributed by atoms with van der Waals surface area (Å²) in [5.74, 6) is 0.766. The number of amides is 1. The van der Waals surface area contributed by atoms with Gasteiger partial charge in [-0.25, -0.2) is 9.78 Å². The number of pyridine rings is 1. The molecular formula is C23H23N3O3. The second-order valence-electron chi connectivity index (χ2n) is 7.81. The Morgan fingerprint density at radius 1 is 1.03 bits per heavy atom. The van der Waals surface area contributed by atoms with E-state index in [1.807, 2.05) is 75.5 Å². The third-order valence-electron chi connectivity index (χ3n) is 4.51. The van der Waals surface area contributed by atoms with Gasteiger partial charge in [0.2, 0.25) is 0 Å². The lowest BCUT2D eigenvalue weighted by molar-refractivity contribution is 0.0636. The lowest BCUT2D eigenvalue weighted by atomic mass is 10.0. The molecule has 0 radical (unpaired) electrons. The second kappa shape index (κ2) is 7.13. The summed E-state index contributed by atoms with van der Waals surface area (Å²) in [4.78, 5) is 20.1. The Kier molecular flexibility index (Phi) is 4.62. The molecule has 0 bridgehead atoms. The van der Waals surface area contributed by atoms with Gasteiger partial charge in [-0.3, -0.25) is 5.32 Å². The van der Waals surface area contributed by atoms with Crippen molar-refractivity contribution in [1.82, 2.24) is 9.97 Å². The van der Waals surface area contributed by atoms with Crippen LogP contribution in [0.15, 0.2) is 54.7 Å². The van der Waals surface area contributed by atoms with Gasteiger partial charge < -0.3 is 14.5 Å². The Bertz CT molecular complexity index is 1190. The number of nitrogens with one attached hydrogen (secondary N) is 2. The first-order valence-corrected chi connectivity index (χ1v) is 9.39. The molecule has 0 unspecified atom stereocenters. The van der Waals surface area contributed by atoms with Crippen molar-refractivity contribution in [3.05, 3.63) is 54.7 Å². The van der Waals surface area contributed by atoms with Gasteiger partial charge in [-0.15, -0.1) is 0 Å². The number of anilines is 1. The Hall–Kier alpha value is -3.54. The summed E-state index contributed by atoms with van der Waals surface area (Å²) in [6.45, 7) is 5.49. The Labute approximate surface area is 168 Å². The Morgan fingerprint density at radius 3 is 2.48 bits per heavy atom. The van der Waals surface area contributed by atoms with Crippen LogP contribution in [-0.2, 0) is 4.74 Å². The number of carbonyl (C=O) groups is 1. The molecule has 6 heteroatoms. The molecule has 6 nitrogen and oxygen atoms in total. The van der Waals surface area contributed by atoms with Crippen LogP contribution in [0.2, 0.25) is 0 Å². The molecule has 0 fully saturated rings. The molecule has 0 aliphatic rings. The molecule has 0 saturated carbocycles. The Balaban J connectivity index is 1.70. The summed E-state index contributed by atoms with van der Waals surface area (Å²) in [6.07, 6.45) is 1.44. The van der Waals surface area contributed by atoms with Crippen molar-refractivity contribution in [1.29, 1.82) is 0 Å². The van der Waals surface area contributed by atoms with Crippen LogP contribution in [0.4, 0.5) is 10.5 Å². The van der Waals surface area contributed by atoms with Crippen LogP contribution >= 0.6 is 0 Å². The van der Waals surface area contributed by atoms with Crippen LogP contribution in [0.5, 0.6) is 5.75 Å². The van der Waals surface area contributed by atoms with Gasteiger partial charge in [0.15, 0.2) is 0 Å². The average Bonchev–Trinajstić information content (AvgIpc) is 3.16. The number of fused-ring (bicyclic) bond motifs is 3. The number of carbonyl (C=O) groups excluding carboxylic acids is 1. The lowest BCUT2D eigenvalue weighted by Gasteiger charge is -2.19. The van der Waals surface area contributed by atoms with E-state index in [4.69, 9.17) is 14.5 Å². The van der Waals surface area contributed by atoms with Gasteiger partial charge in [-0.1, -0.05) is 12.1 Å². The van der Waals surface area contributed by atoms with Gasteiger partial charge in [-0.05, 0) is 51.1 Å². The van der Waals surface area contributed by atoms with Gasteiger partial charge in [0.05, 0.1) is 23.8 Å². The van der Waals surface area contributed by atoms with E-state index in [-0.39, 0.29) is 0 Å². The number of rotatable bonds is 3. The molecule has 0 aliphatic carbocycles. The maximum Gasteiger partial charge on any atom is 0.412 e. The van der Waals surface area contributed by atoms with Crippen molar-refractivity contribution in [3.63, 3.8) is 0 Å². The number of hydrogen-bond donors (Lipinski definition) is 2. The fourth-order valence-electron chi connectivity index (χ4n) is 3.27. The molecule has 0 atom stereocenters. The lowest BCUT2D eigenvalue weighted by Crippen LogP contribution is -2.27. The largest absolute Gasteiger partial charge is 0.497 e. The predicted octanol–water partition coefficient (Wildman–Crippen LogP) is 5.74. The van der Waals surface area contributed by atoms with Crippen LogP contribution in [0.1, 0.15) is 20.8 Å². The average molecular weight is 389 g/mol. The van der Waals surface area contributed by atoms with Crippen LogP contribution in [0.3, 0.4) is 0 Å². The van der Waals surface area contributed by atoms with Gasteiger partial charge in [0.1, 0.15) is 11.4 Å². The highest BCUT2D eigenvalue weighted by atomic mass is 16.6. The first-order chi connectivity index (χ1) is 13.8. The summed E-state index contributed by atoms with van der Waals surface area (Å²) in [5, 5.41) is 4.91. The summed E-state index contributed by atoms with van der Waals surface area (Å²) in [5.41, 5.74) is 3.73. The minimum Gasteiger partial charge on any atom is -0.497 e.